The lowest BCUT2D eigenvalue weighted by molar-refractivity contribution is -0.138. The zero-order chi connectivity index (χ0) is 11.7. The van der Waals surface area contributed by atoms with Gasteiger partial charge in [0, 0.05) is 5.39 Å². The maximum atomic E-state index is 11.0. The third kappa shape index (κ3) is 1.65. The Hall–Kier alpha value is -1.55. The van der Waals surface area contributed by atoms with E-state index in [0.29, 0.717) is 0 Å². The Morgan fingerprint density at radius 3 is 2.88 bits per heavy atom. The number of fused-ring (bicyclic) bond motifs is 1. The number of ether oxygens (including phenoxy) is 1. The van der Waals surface area contributed by atoms with E-state index in [2.05, 4.69) is 0 Å². The average molecular weight is 236 g/mol. The summed E-state index contributed by atoms with van der Waals surface area (Å²) >= 11 is 1.52. The molecule has 0 saturated heterocycles. The van der Waals surface area contributed by atoms with Crippen LogP contribution in [0.4, 0.5) is 0 Å². The minimum atomic E-state index is -0.803. The van der Waals surface area contributed by atoms with Gasteiger partial charge in [-0.3, -0.25) is 4.79 Å². The van der Waals surface area contributed by atoms with E-state index in [4.69, 9.17) is 9.84 Å². The molecule has 0 radical (unpaired) electrons. The van der Waals surface area contributed by atoms with Crippen LogP contribution in [-0.2, 0) is 4.79 Å². The SMILES string of the molecule is COc1cccc2c(C(C)C(=O)O)csc12. The molecule has 2 rings (SSSR count). The molecule has 0 aliphatic rings. The molecule has 1 atom stereocenters. The zero-order valence-electron chi connectivity index (χ0n) is 9.06. The van der Waals surface area contributed by atoms with Gasteiger partial charge in [-0.25, -0.2) is 0 Å². The van der Waals surface area contributed by atoms with Gasteiger partial charge in [0.25, 0.3) is 0 Å². The van der Waals surface area contributed by atoms with Gasteiger partial charge in [0.15, 0.2) is 0 Å². The van der Waals surface area contributed by atoms with E-state index >= 15 is 0 Å². The van der Waals surface area contributed by atoms with Crippen molar-refractivity contribution in [2.24, 2.45) is 0 Å². The van der Waals surface area contributed by atoms with Crippen molar-refractivity contribution >= 4 is 27.4 Å². The van der Waals surface area contributed by atoms with Crippen LogP contribution in [0.1, 0.15) is 18.4 Å². The number of aliphatic carboxylic acids is 1. The summed E-state index contributed by atoms with van der Waals surface area (Å²) in [6, 6.07) is 5.70. The largest absolute Gasteiger partial charge is 0.495 e. The molecule has 0 aliphatic heterocycles. The Morgan fingerprint density at radius 2 is 2.25 bits per heavy atom. The van der Waals surface area contributed by atoms with E-state index in [9.17, 15) is 4.79 Å². The van der Waals surface area contributed by atoms with E-state index in [0.717, 1.165) is 21.4 Å². The summed E-state index contributed by atoms with van der Waals surface area (Å²) < 4.78 is 6.25. The summed E-state index contributed by atoms with van der Waals surface area (Å²) in [5, 5.41) is 11.9. The van der Waals surface area contributed by atoms with Crippen LogP contribution in [0.15, 0.2) is 23.6 Å². The Kier molecular flexibility index (Phi) is 2.83. The maximum absolute atomic E-state index is 11.0. The molecule has 1 aromatic heterocycles. The van der Waals surface area contributed by atoms with Crippen molar-refractivity contribution in [1.82, 2.24) is 0 Å². The second kappa shape index (κ2) is 4.14. The summed E-state index contributed by atoms with van der Waals surface area (Å²) in [7, 11) is 1.62. The molecule has 4 heteroatoms. The molecule has 1 unspecified atom stereocenters. The van der Waals surface area contributed by atoms with Crippen LogP contribution < -0.4 is 4.74 Å². The Morgan fingerprint density at radius 1 is 1.50 bits per heavy atom. The van der Waals surface area contributed by atoms with Crippen LogP contribution in [0, 0.1) is 0 Å². The molecule has 0 aliphatic carbocycles. The molecular weight excluding hydrogens is 224 g/mol. The quantitative estimate of drug-likeness (QED) is 0.890. The highest BCUT2D eigenvalue weighted by molar-refractivity contribution is 7.17. The Balaban J connectivity index is 2.61. The van der Waals surface area contributed by atoms with Crippen LogP contribution in [-0.4, -0.2) is 18.2 Å². The van der Waals surface area contributed by atoms with E-state index in [1.54, 1.807) is 14.0 Å². The molecule has 3 nitrogen and oxygen atoms in total. The predicted octanol–water partition coefficient (Wildman–Crippen LogP) is 3.10. The first-order chi connectivity index (χ1) is 7.65. The summed E-state index contributed by atoms with van der Waals surface area (Å²) in [5.41, 5.74) is 0.853. The molecule has 1 aromatic carbocycles. The van der Waals surface area contributed by atoms with Gasteiger partial charge in [0.05, 0.1) is 17.7 Å². The number of thiophene rings is 1. The molecule has 0 fully saturated rings. The lowest BCUT2D eigenvalue weighted by atomic mass is 10.0. The van der Waals surface area contributed by atoms with Crippen LogP contribution in [0.25, 0.3) is 10.1 Å². The van der Waals surface area contributed by atoms with Gasteiger partial charge in [-0.05, 0) is 23.9 Å². The molecule has 0 amide bonds. The van der Waals surface area contributed by atoms with E-state index in [1.807, 2.05) is 23.6 Å². The fourth-order valence-electron chi connectivity index (χ4n) is 1.68. The molecule has 1 N–H and O–H groups in total. The van der Waals surface area contributed by atoms with Crippen LogP contribution >= 0.6 is 11.3 Å². The number of hydrogen-bond acceptors (Lipinski definition) is 3. The normalized spacial score (nSPS) is 12.6. The molecular formula is C12H12O3S. The fraction of sp³-hybridized carbons (Fsp3) is 0.250. The van der Waals surface area contributed by atoms with Gasteiger partial charge in [0.2, 0.25) is 0 Å². The van der Waals surface area contributed by atoms with Crippen molar-refractivity contribution in [2.45, 2.75) is 12.8 Å². The smallest absolute Gasteiger partial charge is 0.310 e. The molecule has 0 bridgehead atoms. The van der Waals surface area contributed by atoms with Crippen molar-refractivity contribution in [3.63, 3.8) is 0 Å². The molecule has 0 saturated carbocycles. The third-order valence-electron chi connectivity index (χ3n) is 2.65. The van der Waals surface area contributed by atoms with Gasteiger partial charge in [-0.2, -0.15) is 0 Å². The van der Waals surface area contributed by atoms with Crippen LogP contribution in [0.5, 0.6) is 5.75 Å². The van der Waals surface area contributed by atoms with Gasteiger partial charge in [-0.15, -0.1) is 11.3 Å². The van der Waals surface area contributed by atoms with Gasteiger partial charge < -0.3 is 9.84 Å². The maximum Gasteiger partial charge on any atom is 0.310 e. The zero-order valence-corrected chi connectivity index (χ0v) is 9.88. The summed E-state index contributed by atoms with van der Waals surface area (Å²) in [6.45, 7) is 1.70. The van der Waals surface area contributed by atoms with Gasteiger partial charge in [0.1, 0.15) is 5.75 Å². The summed E-state index contributed by atoms with van der Waals surface area (Å²) in [6.07, 6.45) is 0. The topological polar surface area (TPSA) is 46.5 Å². The van der Waals surface area contributed by atoms with Crippen LogP contribution in [0.3, 0.4) is 0 Å². The second-order valence-corrected chi connectivity index (χ2v) is 4.47. The van der Waals surface area contributed by atoms with Crippen LogP contribution in [0.2, 0.25) is 0 Å². The third-order valence-corrected chi connectivity index (χ3v) is 3.68. The molecule has 1 heterocycles. The number of methoxy groups -OCH3 is 1. The number of benzene rings is 1. The van der Waals surface area contributed by atoms with Crippen molar-refractivity contribution < 1.29 is 14.6 Å². The highest BCUT2D eigenvalue weighted by Gasteiger charge is 2.18. The lowest BCUT2D eigenvalue weighted by Gasteiger charge is -2.05. The van der Waals surface area contributed by atoms with Gasteiger partial charge in [-0.1, -0.05) is 12.1 Å². The Labute approximate surface area is 97.3 Å². The van der Waals surface area contributed by atoms with Crippen molar-refractivity contribution in [3.8, 4) is 5.75 Å². The first kappa shape index (κ1) is 11.0. The fourth-order valence-corrected chi connectivity index (χ4v) is 2.84. The summed E-state index contributed by atoms with van der Waals surface area (Å²) in [5.74, 6) is -0.491. The molecule has 0 spiro atoms. The monoisotopic (exact) mass is 236 g/mol. The highest BCUT2D eigenvalue weighted by atomic mass is 32.1. The van der Waals surface area contributed by atoms with Crippen molar-refractivity contribution in [2.75, 3.05) is 7.11 Å². The number of carboxylic acids is 1. The van der Waals surface area contributed by atoms with E-state index in [1.165, 1.54) is 11.3 Å². The standard InChI is InChI=1S/C12H12O3S/c1-7(12(13)14)9-6-16-11-8(9)4-3-5-10(11)15-2/h3-7H,1-2H3,(H,13,14). The minimum absolute atomic E-state index is 0.485. The molecule has 16 heavy (non-hydrogen) atoms. The number of hydrogen-bond donors (Lipinski definition) is 1. The highest BCUT2D eigenvalue weighted by Crippen LogP contribution is 2.36. The number of carboxylic acid groups (broad SMARTS) is 1. The first-order valence-electron chi connectivity index (χ1n) is 4.92. The first-order valence-corrected chi connectivity index (χ1v) is 5.80. The van der Waals surface area contributed by atoms with E-state index in [-0.39, 0.29) is 0 Å². The average Bonchev–Trinajstić information content (AvgIpc) is 2.71. The van der Waals surface area contributed by atoms with Crippen molar-refractivity contribution in [3.05, 3.63) is 29.1 Å². The molecule has 84 valence electrons. The number of carbonyl (C=O) groups is 1. The minimum Gasteiger partial charge on any atom is -0.495 e. The van der Waals surface area contributed by atoms with Crippen molar-refractivity contribution in [1.29, 1.82) is 0 Å². The predicted molar refractivity (Wildman–Crippen MR) is 64.4 cm³/mol. The lowest BCUT2D eigenvalue weighted by Crippen LogP contribution is -2.06. The van der Waals surface area contributed by atoms with E-state index < -0.39 is 11.9 Å². The molecule has 2 aromatic rings. The summed E-state index contributed by atoms with van der Waals surface area (Å²) in [4.78, 5) is 11.0. The number of rotatable bonds is 3. The second-order valence-electron chi connectivity index (χ2n) is 3.59. The van der Waals surface area contributed by atoms with Gasteiger partial charge >= 0.3 is 5.97 Å². The Bertz CT molecular complexity index is 530.